The molecular formula is C16H24N2O2S. The Labute approximate surface area is 131 Å². The summed E-state index contributed by atoms with van der Waals surface area (Å²) in [5, 5.41) is 0. The van der Waals surface area contributed by atoms with Crippen LogP contribution in [-0.4, -0.2) is 47.5 Å². The summed E-state index contributed by atoms with van der Waals surface area (Å²) < 4.78 is 5.71. The molecule has 1 aliphatic rings. The van der Waals surface area contributed by atoms with E-state index in [0.29, 0.717) is 24.3 Å². The molecular weight excluding hydrogens is 284 g/mol. The van der Waals surface area contributed by atoms with E-state index in [1.807, 2.05) is 36.3 Å². The van der Waals surface area contributed by atoms with Crippen molar-refractivity contribution < 1.29 is 9.53 Å². The lowest BCUT2D eigenvalue weighted by atomic mass is 9.97. The van der Waals surface area contributed by atoms with Gasteiger partial charge in [0.15, 0.2) is 0 Å². The monoisotopic (exact) mass is 308 g/mol. The molecule has 0 aromatic carbocycles. The molecule has 2 heterocycles. The maximum absolute atomic E-state index is 12.2. The van der Waals surface area contributed by atoms with E-state index in [2.05, 4.69) is 4.98 Å². The van der Waals surface area contributed by atoms with E-state index in [0.717, 1.165) is 31.7 Å². The smallest absolute Gasteiger partial charge is 0.226 e. The summed E-state index contributed by atoms with van der Waals surface area (Å²) in [5.74, 6) is 2.54. The number of pyridine rings is 1. The van der Waals surface area contributed by atoms with Crippen molar-refractivity contribution in [3.05, 3.63) is 24.4 Å². The molecule has 4 nitrogen and oxygen atoms in total. The number of hydrogen-bond acceptors (Lipinski definition) is 4. The van der Waals surface area contributed by atoms with Gasteiger partial charge in [-0.3, -0.25) is 4.79 Å². The van der Waals surface area contributed by atoms with Crippen LogP contribution in [0, 0.1) is 11.8 Å². The zero-order valence-corrected chi connectivity index (χ0v) is 13.6. The summed E-state index contributed by atoms with van der Waals surface area (Å²) in [4.78, 5) is 18.4. The number of hydrogen-bond donors (Lipinski definition) is 0. The van der Waals surface area contributed by atoms with Crippen LogP contribution in [0.4, 0.5) is 0 Å². The molecule has 1 amide bonds. The van der Waals surface area contributed by atoms with E-state index >= 15 is 0 Å². The van der Waals surface area contributed by atoms with Crippen molar-refractivity contribution in [1.82, 2.24) is 9.88 Å². The third-order valence-corrected chi connectivity index (χ3v) is 4.70. The molecule has 1 atom stereocenters. The SMILES string of the molecule is CSCC(C)C(=O)N1CCC(COc2ccccn2)CC1. The minimum Gasteiger partial charge on any atom is -0.477 e. The number of nitrogens with zero attached hydrogens (tertiary/aromatic N) is 2. The van der Waals surface area contributed by atoms with Gasteiger partial charge in [0.25, 0.3) is 0 Å². The minimum atomic E-state index is 0.126. The Morgan fingerprint density at radius 3 is 2.86 bits per heavy atom. The number of ether oxygens (including phenoxy) is 1. The normalized spacial score (nSPS) is 17.5. The van der Waals surface area contributed by atoms with Crippen molar-refractivity contribution in [2.24, 2.45) is 11.8 Å². The van der Waals surface area contributed by atoms with Gasteiger partial charge >= 0.3 is 0 Å². The first-order chi connectivity index (χ1) is 10.2. The average molecular weight is 308 g/mol. The highest BCUT2D eigenvalue weighted by atomic mass is 32.2. The third-order valence-electron chi connectivity index (χ3n) is 3.87. The van der Waals surface area contributed by atoms with Crippen LogP contribution in [0.5, 0.6) is 5.88 Å². The zero-order valence-electron chi connectivity index (χ0n) is 12.8. The van der Waals surface area contributed by atoms with Gasteiger partial charge < -0.3 is 9.64 Å². The number of piperidine rings is 1. The summed E-state index contributed by atoms with van der Waals surface area (Å²) in [6.45, 7) is 4.43. The van der Waals surface area contributed by atoms with Crippen LogP contribution < -0.4 is 4.74 Å². The van der Waals surface area contributed by atoms with Crippen LogP contribution in [-0.2, 0) is 4.79 Å². The molecule has 0 aliphatic carbocycles. The lowest BCUT2D eigenvalue weighted by Crippen LogP contribution is -2.42. The van der Waals surface area contributed by atoms with Crippen molar-refractivity contribution in [2.45, 2.75) is 19.8 Å². The molecule has 0 spiro atoms. The first-order valence-electron chi connectivity index (χ1n) is 7.52. The van der Waals surface area contributed by atoms with Crippen molar-refractivity contribution in [2.75, 3.05) is 31.7 Å². The topological polar surface area (TPSA) is 42.4 Å². The summed E-state index contributed by atoms with van der Waals surface area (Å²) in [6, 6.07) is 5.69. The van der Waals surface area contributed by atoms with E-state index in [-0.39, 0.29) is 5.92 Å². The van der Waals surface area contributed by atoms with Crippen molar-refractivity contribution in [1.29, 1.82) is 0 Å². The van der Waals surface area contributed by atoms with Crippen LogP contribution in [0.25, 0.3) is 0 Å². The predicted molar refractivity (Wildman–Crippen MR) is 86.6 cm³/mol. The number of amides is 1. The van der Waals surface area contributed by atoms with Gasteiger partial charge in [0, 0.05) is 37.0 Å². The van der Waals surface area contributed by atoms with Crippen molar-refractivity contribution in [3.8, 4) is 5.88 Å². The zero-order chi connectivity index (χ0) is 15.1. The number of thioether (sulfide) groups is 1. The van der Waals surface area contributed by atoms with E-state index in [1.54, 1.807) is 18.0 Å². The molecule has 116 valence electrons. The quantitative estimate of drug-likeness (QED) is 0.810. The summed E-state index contributed by atoms with van der Waals surface area (Å²) in [6.07, 6.45) is 5.82. The van der Waals surface area contributed by atoms with Gasteiger partial charge in [0.2, 0.25) is 11.8 Å². The highest BCUT2D eigenvalue weighted by Crippen LogP contribution is 2.20. The maximum Gasteiger partial charge on any atom is 0.226 e. The Morgan fingerprint density at radius 2 is 2.24 bits per heavy atom. The minimum absolute atomic E-state index is 0.126. The standard InChI is InChI=1S/C16H24N2O2S/c1-13(12-21-2)16(19)18-9-6-14(7-10-18)11-20-15-5-3-4-8-17-15/h3-5,8,13-14H,6-7,9-12H2,1-2H3. The lowest BCUT2D eigenvalue weighted by molar-refractivity contribution is -0.135. The van der Waals surface area contributed by atoms with Crippen LogP contribution >= 0.6 is 11.8 Å². The number of carbonyl (C=O) groups excluding carboxylic acids is 1. The molecule has 1 saturated heterocycles. The molecule has 1 aromatic rings. The molecule has 0 N–H and O–H groups in total. The van der Waals surface area contributed by atoms with Crippen LogP contribution in [0.2, 0.25) is 0 Å². The number of aromatic nitrogens is 1. The molecule has 21 heavy (non-hydrogen) atoms. The van der Waals surface area contributed by atoms with Crippen LogP contribution in [0.15, 0.2) is 24.4 Å². The van der Waals surface area contributed by atoms with Gasteiger partial charge in [-0.25, -0.2) is 4.98 Å². The fourth-order valence-electron chi connectivity index (χ4n) is 2.59. The Balaban J connectivity index is 1.72. The number of likely N-dealkylation sites (tertiary alicyclic amines) is 1. The summed E-state index contributed by atoms with van der Waals surface area (Å²) in [5.41, 5.74) is 0. The molecule has 0 saturated carbocycles. The van der Waals surface area contributed by atoms with Gasteiger partial charge in [-0.15, -0.1) is 0 Å². The largest absolute Gasteiger partial charge is 0.477 e. The first-order valence-corrected chi connectivity index (χ1v) is 8.91. The number of rotatable bonds is 6. The van der Waals surface area contributed by atoms with E-state index in [9.17, 15) is 4.79 Å². The Bertz CT molecular complexity index is 433. The molecule has 1 aromatic heterocycles. The Morgan fingerprint density at radius 1 is 1.48 bits per heavy atom. The van der Waals surface area contributed by atoms with E-state index in [4.69, 9.17) is 4.74 Å². The predicted octanol–water partition coefficient (Wildman–Crippen LogP) is 2.70. The highest BCUT2D eigenvalue weighted by Gasteiger charge is 2.26. The molecule has 0 radical (unpaired) electrons. The van der Waals surface area contributed by atoms with Crippen LogP contribution in [0.1, 0.15) is 19.8 Å². The molecule has 2 rings (SSSR count). The van der Waals surface area contributed by atoms with Gasteiger partial charge in [-0.05, 0) is 31.1 Å². The van der Waals surface area contributed by atoms with Gasteiger partial charge in [0.05, 0.1) is 6.61 Å². The Hall–Kier alpha value is -1.23. The van der Waals surface area contributed by atoms with E-state index < -0.39 is 0 Å². The van der Waals surface area contributed by atoms with Gasteiger partial charge in [0.1, 0.15) is 0 Å². The maximum atomic E-state index is 12.2. The lowest BCUT2D eigenvalue weighted by Gasteiger charge is -2.33. The molecule has 5 heteroatoms. The number of carbonyl (C=O) groups is 1. The first kappa shape index (κ1) is 16.1. The van der Waals surface area contributed by atoms with Crippen molar-refractivity contribution in [3.63, 3.8) is 0 Å². The second-order valence-corrected chi connectivity index (χ2v) is 6.51. The second-order valence-electron chi connectivity index (χ2n) is 5.60. The molecule has 1 fully saturated rings. The molecule has 1 aliphatic heterocycles. The van der Waals surface area contributed by atoms with Crippen molar-refractivity contribution >= 4 is 17.7 Å². The summed E-state index contributed by atoms with van der Waals surface area (Å²) >= 11 is 1.73. The molecule has 0 bridgehead atoms. The highest BCUT2D eigenvalue weighted by molar-refractivity contribution is 7.98. The third kappa shape index (κ3) is 4.92. The van der Waals surface area contributed by atoms with E-state index in [1.165, 1.54) is 0 Å². The van der Waals surface area contributed by atoms with Crippen LogP contribution in [0.3, 0.4) is 0 Å². The second kappa shape index (κ2) is 8.27. The molecule has 1 unspecified atom stereocenters. The summed E-state index contributed by atoms with van der Waals surface area (Å²) in [7, 11) is 0. The Kier molecular flexibility index (Phi) is 6.36. The van der Waals surface area contributed by atoms with Gasteiger partial charge in [-0.1, -0.05) is 13.0 Å². The average Bonchev–Trinajstić information content (AvgIpc) is 2.54. The fraction of sp³-hybridized carbons (Fsp3) is 0.625. The fourth-order valence-corrected chi connectivity index (χ4v) is 3.23. The van der Waals surface area contributed by atoms with Gasteiger partial charge in [-0.2, -0.15) is 11.8 Å².